The van der Waals surface area contributed by atoms with Crippen LogP contribution in [0.2, 0.25) is 0 Å². The number of likely N-dealkylation sites (tertiary alicyclic amines) is 1. The summed E-state index contributed by atoms with van der Waals surface area (Å²) in [7, 11) is 0. The summed E-state index contributed by atoms with van der Waals surface area (Å²) in [5.41, 5.74) is 4.09. The monoisotopic (exact) mass is 444 g/mol. The van der Waals surface area contributed by atoms with Crippen LogP contribution in [0.25, 0.3) is 11.4 Å². The Hall–Kier alpha value is -3.48. The van der Waals surface area contributed by atoms with E-state index in [2.05, 4.69) is 10.1 Å². The second-order valence-electron chi connectivity index (χ2n) is 9.11. The maximum Gasteiger partial charge on any atom is 0.230 e. The van der Waals surface area contributed by atoms with E-state index in [9.17, 15) is 9.59 Å². The van der Waals surface area contributed by atoms with Gasteiger partial charge in [-0.2, -0.15) is 4.98 Å². The molecule has 1 unspecified atom stereocenters. The van der Waals surface area contributed by atoms with Crippen LogP contribution in [-0.4, -0.2) is 46.5 Å². The van der Waals surface area contributed by atoms with E-state index in [1.165, 1.54) is 0 Å². The fraction of sp³-hybridized carbons (Fsp3) is 0.385. The smallest absolute Gasteiger partial charge is 0.230 e. The number of carbonyl (C=O) groups excluding carboxylic acids is 2. The van der Waals surface area contributed by atoms with Crippen molar-refractivity contribution >= 4 is 17.5 Å². The molecule has 2 aliphatic rings. The highest BCUT2D eigenvalue weighted by Gasteiger charge is 2.38. The lowest BCUT2D eigenvalue weighted by atomic mass is 9.95. The molecule has 7 heteroatoms. The first-order chi connectivity index (χ1) is 16.0. The minimum absolute atomic E-state index is 0.0154. The van der Waals surface area contributed by atoms with Crippen LogP contribution in [0.3, 0.4) is 0 Å². The van der Waals surface area contributed by atoms with Crippen LogP contribution < -0.4 is 4.90 Å². The van der Waals surface area contributed by atoms with Gasteiger partial charge >= 0.3 is 0 Å². The number of anilines is 1. The number of hydrogen-bond acceptors (Lipinski definition) is 5. The van der Waals surface area contributed by atoms with Crippen LogP contribution in [0.15, 0.2) is 53.1 Å². The third-order valence-corrected chi connectivity index (χ3v) is 6.80. The number of rotatable bonds is 4. The molecule has 3 heterocycles. The minimum atomic E-state index is -0.286. The highest BCUT2D eigenvalue weighted by atomic mass is 16.5. The Morgan fingerprint density at radius 3 is 2.48 bits per heavy atom. The van der Waals surface area contributed by atoms with Crippen LogP contribution >= 0.6 is 0 Å². The summed E-state index contributed by atoms with van der Waals surface area (Å²) >= 11 is 0. The van der Waals surface area contributed by atoms with Crippen LogP contribution in [0.5, 0.6) is 0 Å². The van der Waals surface area contributed by atoms with Crippen molar-refractivity contribution in [2.45, 2.75) is 39.0 Å². The number of aryl methyl sites for hydroxylation is 2. The quantitative estimate of drug-likeness (QED) is 0.605. The Balaban J connectivity index is 1.19. The molecule has 0 saturated carbocycles. The largest absolute Gasteiger partial charge is 0.342 e. The van der Waals surface area contributed by atoms with E-state index in [4.69, 9.17) is 4.52 Å². The van der Waals surface area contributed by atoms with Gasteiger partial charge in [-0.15, -0.1) is 0 Å². The van der Waals surface area contributed by atoms with Crippen molar-refractivity contribution in [3.63, 3.8) is 0 Å². The maximum atomic E-state index is 13.1. The molecule has 2 fully saturated rings. The molecular formula is C26H28N4O3. The molecule has 170 valence electrons. The van der Waals surface area contributed by atoms with E-state index in [-0.39, 0.29) is 30.1 Å². The predicted octanol–water partition coefficient (Wildman–Crippen LogP) is 4.11. The third-order valence-electron chi connectivity index (χ3n) is 6.80. The van der Waals surface area contributed by atoms with E-state index < -0.39 is 0 Å². The van der Waals surface area contributed by atoms with Crippen molar-refractivity contribution in [3.05, 3.63) is 65.5 Å². The van der Waals surface area contributed by atoms with Crippen molar-refractivity contribution in [1.29, 1.82) is 0 Å². The third kappa shape index (κ3) is 4.27. The zero-order chi connectivity index (χ0) is 22.9. The van der Waals surface area contributed by atoms with Crippen molar-refractivity contribution in [2.75, 3.05) is 24.5 Å². The first-order valence-electron chi connectivity index (χ1n) is 11.5. The molecule has 33 heavy (non-hydrogen) atoms. The lowest BCUT2D eigenvalue weighted by Gasteiger charge is -2.32. The van der Waals surface area contributed by atoms with Gasteiger partial charge in [-0.05, 0) is 44.4 Å². The lowest BCUT2D eigenvalue weighted by molar-refractivity contribution is -0.136. The number of carbonyl (C=O) groups is 2. The summed E-state index contributed by atoms with van der Waals surface area (Å²) in [5, 5.41) is 4.18. The molecular weight excluding hydrogens is 416 g/mol. The Kier molecular flexibility index (Phi) is 5.70. The SMILES string of the molecule is Cc1ccc(N2CC(C(=O)N3CCC(c4nc(-c5ccccc5C)no4)CC3)CC2=O)cc1. The normalized spacial score (nSPS) is 19.3. The number of aromatic nitrogens is 2. The molecule has 1 aromatic heterocycles. The predicted molar refractivity (Wildman–Crippen MR) is 125 cm³/mol. The van der Waals surface area contributed by atoms with Gasteiger partial charge in [0.05, 0.1) is 5.92 Å². The maximum absolute atomic E-state index is 13.1. The molecule has 0 radical (unpaired) electrons. The van der Waals surface area contributed by atoms with Gasteiger partial charge in [0.15, 0.2) is 0 Å². The van der Waals surface area contributed by atoms with Gasteiger partial charge < -0.3 is 14.3 Å². The number of hydrogen-bond donors (Lipinski definition) is 0. The average molecular weight is 445 g/mol. The molecule has 2 saturated heterocycles. The molecule has 2 aliphatic heterocycles. The lowest BCUT2D eigenvalue weighted by Crippen LogP contribution is -2.42. The Labute approximate surface area is 193 Å². The first-order valence-corrected chi connectivity index (χ1v) is 11.5. The number of piperidine rings is 1. The minimum Gasteiger partial charge on any atom is -0.342 e. The van der Waals surface area contributed by atoms with E-state index in [0.717, 1.165) is 35.2 Å². The number of benzene rings is 2. The molecule has 2 aromatic carbocycles. The Morgan fingerprint density at radius 1 is 1.03 bits per heavy atom. The summed E-state index contributed by atoms with van der Waals surface area (Å²) in [6, 6.07) is 15.9. The van der Waals surface area contributed by atoms with Gasteiger partial charge in [-0.3, -0.25) is 9.59 Å². The van der Waals surface area contributed by atoms with E-state index in [1.54, 1.807) is 4.90 Å². The van der Waals surface area contributed by atoms with Gasteiger partial charge in [-0.25, -0.2) is 0 Å². The molecule has 0 spiro atoms. The van der Waals surface area contributed by atoms with E-state index in [0.29, 0.717) is 31.3 Å². The van der Waals surface area contributed by atoms with Gasteiger partial charge in [0, 0.05) is 43.2 Å². The molecule has 0 bridgehead atoms. The van der Waals surface area contributed by atoms with Crippen LogP contribution in [0, 0.1) is 19.8 Å². The first kappa shape index (κ1) is 21.4. The van der Waals surface area contributed by atoms with Crippen LogP contribution in [-0.2, 0) is 9.59 Å². The van der Waals surface area contributed by atoms with E-state index in [1.807, 2.05) is 67.3 Å². The van der Waals surface area contributed by atoms with Crippen LogP contribution in [0.1, 0.15) is 42.2 Å². The topological polar surface area (TPSA) is 79.5 Å². The highest BCUT2D eigenvalue weighted by molar-refractivity contribution is 6.00. The van der Waals surface area contributed by atoms with Gasteiger partial charge in [0.1, 0.15) is 0 Å². The molecule has 1 atom stereocenters. The van der Waals surface area contributed by atoms with Crippen molar-refractivity contribution in [2.24, 2.45) is 5.92 Å². The van der Waals surface area contributed by atoms with E-state index >= 15 is 0 Å². The Morgan fingerprint density at radius 2 is 1.76 bits per heavy atom. The van der Waals surface area contributed by atoms with Gasteiger partial charge in [0.2, 0.25) is 23.5 Å². The molecule has 3 aromatic rings. The average Bonchev–Trinajstić information content (AvgIpc) is 3.47. The molecule has 5 rings (SSSR count). The fourth-order valence-corrected chi connectivity index (χ4v) is 4.79. The standard InChI is InChI=1S/C26H28N4O3/c1-17-7-9-21(10-8-17)30-16-20(15-23(30)31)26(32)29-13-11-19(12-14-29)25-27-24(28-33-25)22-6-4-3-5-18(22)2/h3-10,19-20H,11-16H2,1-2H3. The highest BCUT2D eigenvalue weighted by Crippen LogP contribution is 2.32. The summed E-state index contributed by atoms with van der Waals surface area (Å²) in [6.45, 7) is 5.78. The molecule has 2 amide bonds. The second-order valence-corrected chi connectivity index (χ2v) is 9.11. The van der Waals surface area contributed by atoms with Crippen LogP contribution in [0.4, 0.5) is 5.69 Å². The summed E-state index contributed by atoms with van der Waals surface area (Å²) < 4.78 is 5.58. The van der Waals surface area contributed by atoms with Gasteiger partial charge in [-0.1, -0.05) is 47.1 Å². The Bertz CT molecular complexity index is 1160. The molecule has 0 aliphatic carbocycles. The number of amides is 2. The fourth-order valence-electron chi connectivity index (χ4n) is 4.79. The number of nitrogens with zero attached hydrogens (tertiary/aromatic N) is 4. The zero-order valence-corrected chi connectivity index (χ0v) is 19.0. The molecule has 7 nitrogen and oxygen atoms in total. The van der Waals surface area contributed by atoms with Gasteiger partial charge in [0.25, 0.3) is 0 Å². The second kappa shape index (κ2) is 8.81. The summed E-state index contributed by atoms with van der Waals surface area (Å²) in [4.78, 5) is 34.0. The van der Waals surface area contributed by atoms with Crippen molar-refractivity contribution < 1.29 is 14.1 Å². The summed E-state index contributed by atoms with van der Waals surface area (Å²) in [5.74, 6) is 1.20. The zero-order valence-electron chi connectivity index (χ0n) is 19.0. The van der Waals surface area contributed by atoms with Crippen molar-refractivity contribution in [1.82, 2.24) is 15.0 Å². The molecule has 0 N–H and O–H groups in total. The van der Waals surface area contributed by atoms with Crippen molar-refractivity contribution in [3.8, 4) is 11.4 Å². The summed E-state index contributed by atoms with van der Waals surface area (Å²) in [6.07, 6.45) is 1.84.